The number of carbonyl (C=O) groups is 2. The molecule has 3 aromatic rings. The molecule has 4 rings (SSSR count). The predicted molar refractivity (Wildman–Crippen MR) is 162 cm³/mol. The molecule has 43 heavy (non-hydrogen) atoms. The third-order valence-corrected chi connectivity index (χ3v) is 8.33. The fourth-order valence-corrected chi connectivity index (χ4v) is 6.40. The molecule has 6 nitrogen and oxygen atoms in total. The van der Waals surface area contributed by atoms with Gasteiger partial charge in [-0.2, -0.15) is 5.26 Å². The fourth-order valence-electron chi connectivity index (χ4n) is 6.06. The molecule has 1 saturated heterocycles. The Balaban J connectivity index is 1.74. The molecule has 1 fully saturated rings. The second-order valence-corrected chi connectivity index (χ2v) is 12.9. The molecule has 3 aromatic carbocycles. The van der Waals surface area contributed by atoms with Gasteiger partial charge in [0.2, 0.25) is 5.91 Å². The van der Waals surface area contributed by atoms with Crippen LogP contribution in [0.1, 0.15) is 60.3 Å². The van der Waals surface area contributed by atoms with Crippen LogP contribution in [0.25, 0.3) is 0 Å². The number of nitrogens with one attached hydrogen (secondary N) is 1. The van der Waals surface area contributed by atoms with Crippen molar-refractivity contribution in [3.05, 3.63) is 105 Å². The first-order chi connectivity index (χ1) is 20.3. The Morgan fingerprint density at radius 1 is 1.12 bits per heavy atom. The third-order valence-electron chi connectivity index (χ3n) is 7.80. The lowest BCUT2D eigenvalue weighted by molar-refractivity contribution is -0.122. The SMILES string of the molecule is COC(=O)c1ccc(CNC(=O)CN2CC(CC(C)(C)C)C(C#N)(c3ccc(Cl)cc3F)C2c2cccc(Cl)c2F)cc1. The maximum atomic E-state index is 15.8. The van der Waals surface area contributed by atoms with Gasteiger partial charge in [0.05, 0.1) is 36.4 Å². The monoisotopic (exact) mass is 627 g/mol. The van der Waals surface area contributed by atoms with E-state index in [4.69, 9.17) is 27.9 Å². The number of hydrogen-bond acceptors (Lipinski definition) is 5. The maximum absolute atomic E-state index is 15.8. The van der Waals surface area contributed by atoms with Crippen LogP contribution in [-0.2, 0) is 21.5 Å². The van der Waals surface area contributed by atoms with Crippen molar-refractivity contribution in [2.75, 3.05) is 20.2 Å². The van der Waals surface area contributed by atoms with Gasteiger partial charge in [-0.15, -0.1) is 0 Å². The first kappa shape index (κ1) is 32.4. The van der Waals surface area contributed by atoms with E-state index in [9.17, 15) is 14.9 Å². The van der Waals surface area contributed by atoms with Crippen molar-refractivity contribution in [3.8, 4) is 6.07 Å². The molecular formula is C33H33Cl2F2N3O3. The normalized spacial score (nSPS) is 20.4. The number of amides is 1. The first-order valence-electron chi connectivity index (χ1n) is 13.8. The molecule has 0 aliphatic carbocycles. The minimum absolute atomic E-state index is 0.0895. The Morgan fingerprint density at radius 3 is 2.42 bits per heavy atom. The summed E-state index contributed by atoms with van der Waals surface area (Å²) in [5, 5.41) is 13.8. The Labute approximate surface area is 260 Å². The van der Waals surface area contributed by atoms with E-state index in [-0.39, 0.29) is 52.1 Å². The van der Waals surface area contributed by atoms with Gasteiger partial charge >= 0.3 is 5.97 Å². The van der Waals surface area contributed by atoms with Crippen LogP contribution in [0.15, 0.2) is 60.7 Å². The number of benzene rings is 3. The van der Waals surface area contributed by atoms with E-state index in [0.717, 1.165) is 11.6 Å². The summed E-state index contributed by atoms with van der Waals surface area (Å²) < 4.78 is 36.2. The van der Waals surface area contributed by atoms with Gasteiger partial charge in [0.15, 0.2) is 0 Å². The summed E-state index contributed by atoms with van der Waals surface area (Å²) in [4.78, 5) is 26.8. The van der Waals surface area contributed by atoms with Crippen LogP contribution in [0, 0.1) is 34.3 Å². The zero-order valence-electron chi connectivity index (χ0n) is 24.4. The zero-order valence-corrected chi connectivity index (χ0v) is 25.9. The highest BCUT2D eigenvalue weighted by Crippen LogP contribution is 2.56. The lowest BCUT2D eigenvalue weighted by Crippen LogP contribution is -2.42. The highest BCUT2D eigenvalue weighted by Gasteiger charge is 2.58. The molecule has 0 saturated carbocycles. The summed E-state index contributed by atoms with van der Waals surface area (Å²) in [7, 11) is 1.30. The largest absolute Gasteiger partial charge is 0.465 e. The number of nitrogens with zero attached hydrogens (tertiary/aromatic N) is 2. The summed E-state index contributed by atoms with van der Waals surface area (Å²) in [6.45, 7) is 6.27. The van der Waals surface area contributed by atoms with E-state index in [0.29, 0.717) is 12.0 Å². The zero-order chi connectivity index (χ0) is 31.5. The van der Waals surface area contributed by atoms with Crippen LogP contribution < -0.4 is 5.32 Å². The summed E-state index contributed by atoms with van der Waals surface area (Å²) in [5.41, 5.74) is -0.523. The topological polar surface area (TPSA) is 82.4 Å². The summed E-state index contributed by atoms with van der Waals surface area (Å²) >= 11 is 12.3. The Morgan fingerprint density at radius 2 is 1.81 bits per heavy atom. The molecule has 1 amide bonds. The van der Waals surface area contributed by atoms with Crippen molar-refractivity contribution >= 4 is 35.1 Å². The average Bonchev–Trinajstić information content (AvgIpc) is 3.24. The van der Waals surface area contributed by atoms with Crippen LogP contribution >= 0.6 is 23.2 Å². The molecule has 1 N–H and O–H groups in total. The number of ether oxygens (including phenoxy) is 1. The van der Waals surface area contributed by atoms with Gasteiger partial charge in [0.1, 0.15) is 17.0 Å². The minimum Gasteiger partial charge on any atom is -0.465 e. The Kier molecular flexibility index (Phi) is 9.80. The van der Waals surface area contributed by atoms with Crippen LogP contribution in [-0.4, -0.2) is 37.0 Å². The second-order valence-electron chi connectivity index (χ2n) is 12.0. The number of methoxy groups -OCH3 is 1. The van der Waals surface area contributed by atoms with Crippen molar-refractivity contribution in [2.45, 2.75) is 45.2 Å². The van der Waals surface area contributed by atoms with Gasteiger partial charge in [0, 0.05) is 29.2 Å². The van der Waals surface area contributed by atoms with Gasteiger partial charge in [-0.3, -0.25) is 9.69 Å². The highest BCUT2D eigenvalue weighted by atomic mass is 35.5. The average molecular weight is 629 g/mol. The van der Waals surface area contributed by atoms with Crippen LogP contribution in [0.4, 0.5) is 8.78 Å². The van der Waals surface area contributed by atoms with Gasteiger partial charge < -0.3 is 10.1 Å². The van der Waals surface area contributed by atoms with E-state index < -0.39 is 35.0 Å². The maximum Gasteiger partial charge on any atom is 0.337 e. The molecule has 3 atom stereocenters. The van der Waals surface area contributed by atoms with E-state index in [1.807, 2.05) is 20.8 Å². The first-order valence-corrected chi connectivity index (χ1v) is 14.5. The second kappa shape index (κ2) is 13.0. The van der Waals surface area contributed by atoms with Crippen molar-refractivity contribution in [1.29, 1.82) is 5.26 Å². The van der Waals surface area contributed by atoms with Crippen molar-refractivity contribution in [1.82, 2.24) is 10.2 Å². The smallest absolute Gasteiger partial charge is 0.337 e. The molecule has 3 unspecified atom stereocenters. The quantitative estimate of drug-likeness (QED) is 0.266. The molecule has 0 bridgehead atoms. The molecule has 226 valence electrons. The number of rotatable bonds is 8. The number of halogens is 4. The highest BCUT2D eigenvalue weighted by molar-refractivity contribution is 6.31. The number of nitriles is 1. The number of esters is 1. The van der Waals surface area contributed by atoms with E-state index >= 15 is 8.78 Å². The lowest BCUT2D eigenvalue weighted by atomic mass is 9.63. The number of likely N-dealkylation sites (tertiary alicyclic amines) is 1. The van der Waals surface area contributed by atoms with Crippen molar-refractivity contribution < 1.29 is 23.1 Å². The van der Waals surface area contributed by atoms with Crippen molar-refractivity contribution in [3.63, 3.8) is 0 Å². The Bertz CT molecular complexity index is 1550. The Hall–Kier alpha value is -3.51. The molecule has 0 radical (unpaired) electrons. The number of hydrogen-bond donors (Lipinski definition) is 1. The van der Waals surface area contributed by atoms with E-state index in [1.54, 1.807) is 35.2 Å². The van der Waals surface area contributed by atoms with Crippen LogP contribution in [0.5, 0.6) is 0 Å². The summed E-state index contributed by atoms with van der Waals surface area (Å²) in [6, 6.07) is 16.6. The van der Waals surface area contributed by atoms with E-state index in [2.05, 4.69) is 11.4 Å². The molecule has 1 aliphatic heterocycles. The lowest BCUT2D eigenvalue weighted by Gasteiger charge is -2.38. The van der Waals surface area contributed by atoms with Gasteiger partial charge in [-0.1, -0.05) is 74.3 Å². The third kappa shape index (κ3) is 6.85. The summed E-state index contributed by atoms with van der Waals surface area (Å²) in [6.07, 6.45) is 0.492. The molecule has 0 aromatic heterocycles. The van der Waals surface area contributed by atoms with E-state index in [1.165, 1.54) is 31.4 Å². The molecule has 0 spiro atoms. The van der Waals surface area contributed by atoms with Gasteiger partial charge in [-0.25, -0.2) is 13.6 Å². The number of carbonyl (C=O) groups excluding carboxylic acids is 2. The standard InChI is InChI=1S/C33H33Cl2F2N3O3/c1-32(2,3)15-22-17-40(18-28(41)39-16-20-8-10-21(11-9-20)31(42)43-4)30(24-6-5-7-26(35)29(24)37)33(22,19-38)25-13-12-23(34)14-27(25)36/h5-14,22,30H,15-18H2,1-4H3,(H,39,41). The minimum atomic E-state index is -1.57. The fraction of sp³-hybridized carbons (Fsp3) is 0.364. The molecule has 1 heterocycles. The predicted octanol–water partition coefficient (Wildman–Crippen LogP) is 7.25. The molecule has 1 aliphatic rings. The van der Waals surface area contributed by atoms with Crippen molar-refractivity contribution in [2.24, 2.45) is 11.3 Å². The molecule has 10 heteroatoms. The summed E-state index contributed by atoms with van der Waals surface area (Å²) in [5.74, 6) is -2.72. The molecular weight excluding hydrogens is 595 g/mol. The van der Waals surface area contributed by atoms with Gasteiger partial charge in [0.25, 0.3) is 0 Å². The van der Waals surface area contributed by atoms with Crippen LogP contribution in [0.2, 0.25) is 10.0 Å². The van der Waals surface area contributed by atoms with Gasteiger partial charge in [-0.05, 0) is 53.6 Å². The van der Waals surface area contributed by atoms with Crippen LogP contribution in [0.3, 0.4) is 0 Å².